The second-order valence-corrected chi connectivity index (χ2v) is 7.11. The molecule has 0 radical (unpaired) electrons. The number of amides is 1. The van der Waals surface area contributed by atoms with Crippen LogP contribution in [0.1, 0.15) is 25.3 Å². The van der Waals surface area contributed by atoms with Gasteiger partial charge in [-0.1, -0.05) is 36.4 Å². The maximum Gasteiger partial charge on any atom is 0.241 e. The number of rotatable bonds is 6. The lowest BCUT2D eigenvalue weighted by Crippen LogP contribution is -2.48. The summed E-state index contributed by atoms with van der Waals surface area (Å²) in [5, 5.41) is 3.07. The number of hydrogen-bond donors (Lipinski definition) is 1. The van der Waals surface area contributed by atoms with E-state index in [9.17, 15) is 4.79 Å². The predicted molar refractivity (Wildman–Crippen MR) is 106 cm³/mol. The molecule has 138 valence electrons. The Bertz CT molecular complexity index is 717. The second kappa shape index (κ2) is 8.86. The van der Waals surface area contributed by atoms with Gasteiger partial charge in [0.1, 0.15) is 5.75 Å². The Morgan fingerprint density at radius 2 is 1.92 bits per heavy atom. The van der Waals surface area contributed by atoms with Crippen molar-refractivity contribution in [1.82, 2.24) is 4.90 Å². The Kier molecular flexibility index (Phi) is 6.29. The zero-order chi connectivity index (χ0) is 18.4. The van der Waals surface area contributed by atoms with Gasteiger partial charge in [0.15, 0.2) is 0 Å². The lowest BCUT2D eigenvalue weighted by atomic mass is 9.97. The predicted octanol–water partition coefficient (Wildman–Crippen LogP) is 4.11. The number of piperidine rings is 1. The summed E-state index contributed by atoms with van der Waals surface area (Å²) in [6.45, 7) is 6.57. The number of hydrogen-bond acceptors (Lipinski definition) is 3. The number of nitrogens with one attached hydrogen (secondary N) is 1. The lowest BCUT2D eigenvalue weighted by molar-refractivity contribution is -0.121. The van der Waals surface area contributed by atoms with Crippen molar-refractivity contribution >= 4 is 11.6 Å². The van der Waals surface area contributed by atoms with Gasteiger partial charge in [0.25, 0.3) is 0 Å². The van der Waals surface area contributed by atoms with Crippen LogP contribution in [-0.4, -0.2) is 36.5 Å². The quantitative estimate of drug-likeness (QED) is 0.850. The van der Waals surface area contributed by atoms with Crippen LogP contribution in [0.2, 0.25) is 0 Å². The summed E-state index contributed by atoms with van der Waals surface area (Å²) in [7, 11) is 0. The van der Waals surface area contributed by atoms with Crippen molar-refractivity contribution in [2.24, 2.45) is 5.92 Å². The van der Waals surface area contributed by atoms with Crippen molar-refractivity contribution in [3.8, 4) is 5.75 Å². The first-order chi connectivity index (χ1) is 12.6. The van der Waals surface area contributed by atoms with Crippen molar-refractivity contribution < 1.29 is 9.53 Å². The summed E-state index contributed by atoms with van der Waals surface area (Å²) in [5.74, 6) is 1.43. The number of para-hydroxylation sites is 2. The van der Waals surface area contributed by atoms with Gasteiger partial charge in [-0.2, -0.15) is 0 Å². The smallest absolute Gasteiger partial charge is 0.241 e. The first kappa shape index (κ1) is 18.5. The molecule has 1 N–H and O–H groups in total. The van der Waals surface area contributed by atoms with Crippen LogP contribution in [0.5, 0.6) is 5.75 Å². The van der Waals surface area contributed by atoms with E-state index in [0.29, 0.717) is 12.5 Å². The van der Waals surface area contributed by atoms with Crippen LogP contribution in [0, 0.1) is 12.8 Å². The van der Waals surface area contributed by atoms with Gasteiger partial charge < -0.3 is 10.1 Å². The molecule has 2 aromatic carbocycles. The minimum Gasteiger partial charge on any atom is -0.493 e. The van der Waals surface area contributed by atoms with E-state index >= 15 is 0 Å². The maximum atomic E-state index is 12.7. The zero-order valence-electron chi connectivity index (χ0n) is 15.7. The highest BCUT2D eigenvalue weighted by Crippen LogP contribution is 2.21. The minimum absolute atomic E-state index is 0.0592. The molecule has 1 heterocycles. The first-order valence-electron chi connectivity index (χ1n) is 9.42. The highest BCUT2D eigenvalue weighted by molar-refractivity contribution is 5.95. The van der Waals surface area contributed by atoms with Crippen LogP contribution in [-0.2, 0) is 4.79 Å². The third-order valence-corrected chi connectivity index (χ3v) is 5.11. The largest absolute Gasteiger partial charge is 0.493 e. The third kappa shape index (κ3) is 4.85. The molecule has 0 bridgehead atoms. The number of benzene rings is 2. The zero-order valence-corrected chi connectivity index (χ0v) is 15.7. The van der Waals surface area contributed by atoms with E-state index in [0.717, 1.165) is 42.9 Å². The van der Waals surface area contributed by atoms with E-state index in [1.165, 1.54) is 0 Å². The average Bonchev–Trinajstić information content (AvgIpc) is 2.68. The van der Waals surface area contributed by atoms with Gasteiger partial charge in [0, 0.05) is 18.2 Å². The van der Waals surface area contributed by atoms with E-state index in [4.69, 9.17) is 4.74 Å². The lowest BCUT2D eigenvalue weighted by Gasteiger charge is -2.36. The fraction of sp³-hybridized carbons (Fsp3) is 0.409. The van der Waals surface area contributed by atoms with E-state index in [2.05, 4.69) is 10.2 Å². The number of anilines is 1. The molecule has 4 nitrogen and oxygen atoms in total. The number of nitrogens with zero attached hydrogens (tertiary/aromatic N) is 1. The van der Waals surface area contributed by atoms with Crippen LogP contribution in [0.3, 0.4) is 0 Å². The van der Waals surface area contributed by atoms with Gasteiger partial charge in [0.05, 0.1) is 12.6 Å². The molecule has 0 saturated carbocycles. The molecule has 1 amide bonds. The van der Waals surface area contributed by atoms with E-state index < -0.39 is 0 Å². The third-order valence-electron chi connectivity index (χ3n) is 5.11. The number of carbonyl (C=O) groups is 1. The summed E-state index contributed by atoms with van der Waals surface area (Å²) >= 11 is 0. The molecule has 2 atom stereocenters. The summed E-state index contributed by atoms with van der Waals surface area (Å²) < 4.78 is 5.92. The molecular formula is C22H28N2O2. The van der Waals surface area contributed by atoms with Crippen LogP contribution in [0.4, 0.5) is 5.69 Å². The normalized spacial score (nSPS) is 18.9. The SMILES string of the molecule is Cc1ccccc1NC(=O)C(C)N1CCCC(COc2ccccc2)C1. The van der Waals surface area contributed by atoms with Crippen LogP contribution in [0.15, 0.2) is 54.6 Å². The second-order valence-electron chi connectivity index (χ2n) is 7.11. The molecule has 2 unspecified atom stereocenters. The van der Waals surface area contributed by atoms with Crippen molar-refractivity contribution in [1.29, 1.82) is 0 Å². The highest BCUT2D eigenvalue weighted by Gasteiger charge is 2.28. The maximum absolute atomic E-state index is 12.7. The van der Waals surface area contributed by atoms with Crippen molar-refractivity contribution in [2.45, 2.75) is 32.7 Å². The number of aryl methyl sites for hydroxylation is 1. The van der Waals surface area contributed by atoms with E-state index in [1.54, 1.807) is 0 Å². The van der Waals surface area contributed by atoms with Gasteiger partial charge in [0.2, 0.25) is 5.91 Å². The molecular weight excluding hydrogens is 324 g/mol. The minimum atomic E-state index is -0.144. The summed E-state index contributed by atoms with van der Waals surface area (Å²) in [6, 6.07) is 17.7. The fourth-order valence-electron chi connectivity index (χ4n) is 3.43. The Hall–Kier alpha value is -2.33. The standard InChI is InChI=1S/C22H28N2O2/c1-17-9-6-7-13-21(17)23-22(25)18(2)24-14-8-10-19(15-24)16-26-20-11-4-3-5-12-20/h3-7,9,11-13,18-19H,8,10,14-16H2,1-2H3,(H,23,25). The number of carbonyl (C=O) groups excluding carboxylic acids is 1. The van der Waals surface area contributed by atoms with Crippen LogP contribution in [0.25, 0.3) is 0 Å². The molecule has 26 heavy (non-hydrogen) atoms. The van der Waals surface area contributed by atoms with Gasteiger partial charge in [-0.05, 0) is 57.0 Å². The average molecular weight is 352 g/mol. The Labute approximate surface area is 156 Å². The molecule has 4 heteroatoms. The molecule has 1 saturated heterocycles. The van der Waals surface area contributed by atoms with Gasteiger partial charge in [-0.25, -0.2) is 0 Å². The first-order valence-corrected chi connectivity index (χ1v) is 9.42. The molecule has 1 fully saturated rings. The van der Waals surface area contributed by atoms with E-state index in [1.807, 2.05) is 68.4 Å². The van der Waals surface area contributed by atoms with Gasteiger partial charge >= 0.3 is 0 Å². The van der Waals surface area contributed by atoms with Crippen LogP contribution < -0.4 is 10.1 Å². The van der Waals surface area contributed by atoms with Crippen molar-refractivity contribution in [3.63, 3.8) is 0 Å². The number of ether oxygens (including phenoxy) is 1. The Balaban J connectivity index is 1.53. The highest BCUT2D eigenvalue weighted by atomic mass is 16.5. The topological polar surface area (TPSA) is 41.6 Å². The van der Waals surface area contributed by atoms with Crippen molar-refractivity contribution in [2.75, 3.05) is 25.0 Å². The fourth-order valence-corrected chi connectivity index (χ4v) is 3.43. The molecule has 0 aromatic heterocycles. The molecule has 3 rings (SSSR count). The molecule has 1 aliphatic heterocycles. The molecule has 0 spiro atoms. The van der Waals surface area contributed by atoms with Crippen LogP contribution >= 0.6 is 0 Å². The van der Waals surface area contributed by atoms with E-state index in [-0.39, 0.29) is 11.9 Å². The molecule has 2 aromatic rings. The molecule has 1 aliphatic rings. The summed E-state index contributed by atoms with van der Waals surface area (Å²) in [4.78, 5) is 14.9. The summed E-state index contributed by atoms with van der Waals surface area (Å²) in [5.41, 5.74) is 1.98. The monoisotopic (exact) mass is 352 g/mol. The van der Waals surface area contributed by atoms with Gasteiger partial charge in [-0.15, -0.1) is 0 Å². The van der Waals surface area contributed by atoms with Crippen molar-refractivity contribution in [3.05, 3.63) is 60.2 Å². The summed E-state index contributed by atoms with van der Waals surface area (Å²) in [6.07, 6.45) is 2.25. The Morgan fingerprint density at radius 3 is 2.69 bits per heavy atom. The van der Waals surface area contributed by atoms with Gasteiger partial charge in [-0.3, -0.25) is 9.69 Å². The molecule has 0 aliphatic carbocycles. The number of likely N-dealkylation sites (tertiary alicyclic amines) is 1. The Morgan fingerprint density at radius 1 is 1.19 bits per heavy atom.